The van der Waals surface area contributed by atoms with Gasteiger partial charge in [0, 0.05) is 31.0 Å². The number of aromatic nitrogens is 2. The van der Waals surface area contributed by atoms with Crippen LogP contribution in [0.15, 0.2) is 48.8 Å². The van der Waals surface area contributed by atoms with Crippen molar-refractivity contribution in [2.75, 3.05) is 11.4 Å². The van der Waals surface area contributed by atoms with Gasteiger partial charge in [-0.2, -0.15) is 0 Å². The van der Waals surface area contributed by atoms with Crippen molar-refractivity contribution >= 4 is 23.1 Å². The van der Waals surface area contributed by atoms with E-state index in [1.807, 2.05) is 41.1 Å². The number of imidazole rings is 1. The summed E-state index contributed by atoms with van der Waals surface area (Å²) in [5, 5.41) is 2.94. The van der Waals surface area contributed by atoms with E-state index in [4.69, 9.17) is 0 Å². The summed E-state index contributed by atoms with van der Waals surface area (Å²) in [7, 11) is 0. The highest BCUT2D eigenvalue weighted by Crippen LogP contribution is 2.30. The first-order valence-electron chi connectivity index (χ1n) is 9.80. The lowest BCUT2D eigenvalue weighted by Crippen LogP contribution is -2.32. The molecule has 1 aliphatic heterocycles. The highest BCUT2D eigenvalue weighted by molar-refractivity contribution is 6.00. The number of nitrogens with one attached hydrogen (secondary N) is 1. The Labute approximate surface area is 163 Å². The van der Waals surface area contributed by atoms with Crippen molar-refractivity contribution in [2.45, 2.75) is 32.2 Å². The molecule has 3 aromatic rings. The van der Waals surface area contributed by atoms with Crippen molar-refractivity contribution < 1.29 is 9.59 Å². The van der Waals surface area contributed by atoms with Crippen LogP contribution < -0.4 is 10.2 Å². The molecule has 0 spiro atoms. The Bertz CT molecular complexity index is 1040. The van der Waals surface area contributed by atoms with E-state index in [9.17, 15) is 9.59 Å². The SMILES string of the molecule is O=C(NCc1cn2ccccc2n1)[C@H]1CC(=O)N(c2ccc3c(c2)CCC3)C1. The predicted molar refractivity (Wildman–Crippen MR) is 106 cm³/mol. The number of fused-ring (bicyclic) bond motifs is 2. The van der Waals surface area contributed by atoms with Crippen LogP contribution in [0.5, 0.6) is 0 Å². The second kappa shape index (κ2) is 6.78. The fraction of sp³-hybridized carbons (Fsp3) is 0.318. The zero-order chi connectivity index (χ0) is 19.1. The number of pyridine rings is 1. The maximum absolute atomic E-state index is 12.6. The van der Waals surface area contributed by atoms with Crippen molar-refractivity contribution in [1.29, 1.82) is 0 Å². The molecule has 142 valence electrons. The minimum Gasteiger partial charge on any atom is -0.350 e. The van der Waals surface area contributed by atoms with Crippen LogP contribution in [0, 0.1) is 5.92 Å². The average Bonchev–Trinajstić information content (AvgIpc) is 3.42. The van der Waals surface area contributed by atoms with Gasteiger partial charge in [0.1, 0.15) is 5.65 Å². The van der Waals surface area contributed by atoms with E-state index in [1.165, 1.54) is 17.5 Å². The molecule has 6 heteroatoms. The van der Waals surface area contributed by atoms with Crippen molar-refractivity contribution in [3.8, 4) is 0 Å². The van der Waals surface area contributed by atoms with Crippen LogP contribution in [0.2, 0.25) is 0 Å². The van der Waals surface area contributed by atoms with Crippen molar-refractivity contribution in [3.63, 3.8) is 0 Å². The lowest BCUT2D eigenvalue weighted by Gasteiger charge is -2.18. The Morgan fingerprint density at radius 1 is 1.18 bits per heavy atom. The molecule has 28 heavy (non-hydrogen) atoms. The molecule has 0 bridgehead atoms. The van der Waals surface area contributed by atoms with Crippen LogP contribution in [-0.2, 0) is 29.0 Å². The van der Waals surface area contributed by atoms with Gasteiger partial charge in [0.15, 0.2) is 0 Å². The highest BCUT2D eigenvalue weighted by Gasteiger charge is 2.35. The van der Waals surface area contributed by atoms with Gasteiger partial charge in [0.05, 0.1) is 18.2 Å². The van der Waals surface area contributed by atoms with Crippen LogP contribution >= 0.6 is 0 Å². The molecule has 6 nitrogen and oxygen atoms in total. The fourth-order valence-corrected chi connectivity index (χ4v) is 4.25. The lowest BCUT2D eigenvalue weighted by molar-refractivity contribution is -0.126. The molecule has 0 radical (unpaired) electrons. The molecule has 1 N–H and O–H groups in total. The smallest absolute Gasteiger partial charge is 0.227 e. The number of amides is 2. The molecule has 0 saturated carbocycles. The number of benzene rings is 1. The van der Waals surface area contributed by atoms with Gasteiger partial charge < -0.3 is 14.6 Å². The van der Waals surface area contributed by atoms with Crippen LogP contribution in [0.25, 0.3) is 5.65 Å². The number of carbonyl (C=O) groups is 2. The third-order valence-electron chi connectivity index (χ3n) is 5.75. The number of anilines is 1. The number of hydrogen-bond donors (Lipinski definition) is 1. The molecule has 1 aliphatic carbocycles. The van der Waals surface area contributed by atoms with Gasteiger partial charge in [-0.3, -0.25) is 9.59 Å². The van der Waals surface area contributed by atoms with Crippen LogP contribution in [0.4, 0.5) is 5.69 Å². The molecule has 2 amide bonds. The first-order chi connectivity index (χ1) is 13.7. The summed E-state index contributed by atoms with van der Waals surface area (Å²) in [5.74, 6) is -0.391. The summed E-state index contributed by atoms with van der Waals surface area (Å²) in [6.07, 6.45) is 7.48. The maximum atomic E-state index is 12.6. The minimum absolute atomic E-state index is 0.0193. The molecule has 2 aromatic heterocycles. The molecule has 1 atom stereocenters. The summed E-state index contributed by atoms with van der Waals surface area (Å²) in [6.45, 7) is 0.804. The molecule has 1 saturated heterocycles. The van der Waals surface area contributed by atoms with E-state index in [2.05, 4.69) is 22.4 Å². The lowest BCUT2D eigenvalue weighted by atomic mass is 10.1. The highest BCUT2D eigenvalue weighted by atomic mass is 16.2. The molecule has 5 rings (SSSR count). The number of nitrogens with zero attached hydrogens (tertiary/aromatic N) is 3. The van der Waals surface area contributed by atoms with Crippen molar-refractivity contribution in [3.05, 3.63) is 65.6 Å². The number of rotatable bonds is 4. The van der Waals surface area contributed by atoms with E-state index in [0.29, 0.717) is 13.1 Å². The third kappa shape index (κ3) is 3.05. The third-order valence-corrected chi connectivity index (χ3v) is 5.75. The Balaban J connectivity index is 1.24. The minimum atomic E-state index is -0.321. The monoisotopic (exact) mass is 374 g/mol. The number of hydrogen-bond acceptors (Lipinski definition) is 3. The van der Waals surface area contributed by atoms with E-state index in [-0.39, 0.29) is 24.2 Å². The summed E-state index contributed by atoms with van der Waals surface area (Å²) in [5.41, 5.74) is 5.30. The normalized spacial score (nSPS) is 18.6. The van der Waals surface area contributed by atoms with Gasteiger partial charge in [0.25, 0.3) is 0 Å². The van der Waals surface area contributed by atoms with Gasteiger partial charge in [-0.1, -0.05) is 12.1 Å². The Kier molecular flexibility index (Phi) is 4.11. The van der Waals surface area contributed by atoms with Gasteiger partial charge in [-0.25, -0.2) is 4.98 Å². The quantitative estimate of drug-likeness (QED) is 0.763. The summed E-state index contributed by atoms with van der Waals surface area (Å²) in [6, 6.07) is 12.1. The molecular formula is C22H22N4O2. The maximum Gasteiger partial charge on any atom is 0.227 e. The standard InChI is InChI=1S/C22H22N4O2/c27-21-11-17(13-26(21)19-8-7-15-4-3-5-16(15)10-19)22(28)23-12-18-14-25-9-2-1-6-20(25)24-18/h1-2,6-10,14,17H,3-5,11-13H2,(H,23,28)/t17-/m0/s1. The summed E-state index contributed by atoms with van der Waals surface area (Å²) in [4.78, 5) is 31.4. The Morgan fingerprint density at radius 2 is 2.07 bits per heavy atom. The summed E-state index contributed by atoms with van der Waals surface area (Å²) >= 11 is 0. The van der Waals surface area contributed by atoms with Gasteiger partial charge in [-0.15, -0.1) is 0 Å². The van der Waals surface area contributed by atoms with E-state index < -0.39 is 0 Å². The van der Waals surface area contributed by atoms with Crippen molar-refractivity contribution in [1.82, 2.24) is 14.7 Å². The molecule has 1 aromatic carbocycles. The first kappa shape index (κ1) is 17.0. The second-order valence-corrected chi connectivity index (χ2v) is 7.63. The number of carbonyl (C=O) groups excluding carboxylic acids is 2. The Hall–Kier alpha value is -3.15. The average molecular weight is 374 g/mol. The van der Waals surface area contributed by atoms with Gasteiger partial charge in [0.2, 0.25) is 11.8 Å². The van der Waals surface area contributed by atoms with Crippen LogP contribution in [-0.4, -0.2) is 27.7 Å². The second-order valence-electron chi connectivity index (χ2n) is 7.63. The fourth-order valence-electron chi connectivity index (χ4n) is 4.25. The first-order valence-corrected chi connectivity index (χ1v) is 9.80. The van der Waals surface area contributed by atoms with Crippen LogP contribution in [0.3, 0.4) is 0 Å². The van der Waals surface area contributed by atoms with Gasteiger partial charge in [-0.05, 0) is 54.7 Å². The molecule has 3 heterocycles. The molecular weight excluding hydrogens is 352 g/mol. The van der Waals surface area contributed by atoms with Crippen molar-refractivity contribution in [2.24, 2.45) is 5.92 Å². The number of aryl methyl sites for hydroxylation is 2. The zero-order valence-corrected chi connectivity index (χ0v) is 15.6. The molecule has 2 aliphatic rings. The Morgan fingerprint density at radius 3 is 2.96 bits per heavy atom. The van der Waals surface area contributed by atoms with E-state index in [1.54, 1.807) is 4.90 Å². The largest absolute Gasteiger partial charge is 0.350 e. The summed E-state index contributed by atoms with van der Waals surface area (Å²) < 4.78 is 1.93. The van der Waals surface area contributed by atoms with Gasteiger partial charge >= 0.3 is 0 Å². The molecule has 0 unspecified atom stereocenters. The van der Waals surface area contributed by atoms with E-state index >= 15 is 0 Å². The molecule has 1 fully saturated rings. The predicted octanol–water partition coefficient (Wildman–Crippen LogP) is 2.49. The van der Waals surface area contributed by atoms with Crippen LogP contribution in [0.1, 0.15) is 29.7 Å². The van der Waals surface area contributed by atoms with E-state index in [0.717, 1.165) is 29.9 Å². The topological polar surface area (TPSA) is 66.7 Å². The zero-order valence-electron chi connectivity index (χ0n) is 15.6.